The average molecular weight is 278 g/mol. The van der Waals surface area contributed by atoms with Crippen molar-refractivity contribution in [1.82, 2.24) is 0 Å². The van der Waals surface area contributed by atoms with Gasteiger partial charge in [-0.15, -0.1) is 0 Å². The van der Waals surface area contributed by atoms with Gasteiger partial charge in [0.05, 0.1) is 12.0 Å². The smallest absolute Gasteiger partial charge is 0.308 e. The predicted molar refractivity (Wildman–Crippen MR) is 79.0 cm³/mol. The van der Waals surface area contributed by atoms with E-state index < -0.39 is 6.10 Å². The third kappa shape index (κ3) is 2.98. The lowest BCUT2D eigenvalue weighted by Crippen LogP contribution is -2.41. The minimum Gasteiger partial charge on any atom is -0.461 e. The van der Waals surface area contributed by atoms with Gasteiger partial charge in [0.15, 0.2) is 0 Å². The molecule has 0 amide bonds. The lowest BCUT2D eigenvalue weighted by Gasteiger charge is -2.41. The summed E-state index contributed by atoms with van der Waals surface area (Å²) in [4.78, 5) is 12.1. The standard InChI is InChI=1S/C17H26O3/c1-5-10(2)17(19)20-15-9-14(18)8-13-7-6-11(3)12(4)16(13)15/h6-8,10-12,14-16,18H,5,9H2,1-4H3/t10-,11-,12?,14+,15-,16+/m0/s1. The first-order chi connectivity index (χ1) is 9.43. The molecular weight excluding hydrogens is 252 g/mol. The van der Waals surface area contributed by atoms with Gasteiger partial charge in [-0.1, -0.05) is 45.9 Å². The Morgan fingerprint density at radius 2 is 2.20 bits per heavy atom. The fourth-order valence-electron chi connectivity index (χ4n) is 3.13. The van der Waals surface area contributed by atoms with Crippen LogP contribution in [-0.4, -0.2) is 23.3 Å². The van der Waals surface area contributed by atoms with Crippen molar-refractivity contribution >= 4 is 5.97 Å². The molecule has 0 spiro atoms. The van der Waals surface area contributed by atoms with Crippen molar-refractivity contribution in [2.24, 2.45) is 23.7 Å². The third-order valence-electron chi connectivity index (χ3n) is 4.91. The van der Waals surface area contributed by atoms with Gasteiger partial charge < -0.3 is 9.84 Å². The molecule has 1 unspecified atom stereocenters. The third-order valence-corrected chi connectivity index (χ3v) is 4.91. The molecule has 0 saturated heterocycles. The van der Waals surface area contributed by atoms with E-state index in [4.69, 9.17) is 4.74 Å². The van der Waals surface area contributed by atoms with Crippen LogP contribution in [0.25, 0.3) is 0 Å². The number of allylic oxidation sites excluding steroid dienone is 2. The fraction of sp³-hybridized carbons (Fsp3) is 0.706. The number of esters is 1. The molecule has 1 N–H and O–H groups in total. The monoisotopic (exact) mass is 278 g/mol. The normalized spacial score (nSPS) is 37.9. The molecule has 3 nitrogen and oxygen atoms in total. The minimum absolute atomic E-state index is 0.0756. The maximum absolute atomic E-state index is 12.1. The van der Waals surface area contributed by atoms with Gasteiger partial charge in [-0.25, -0.2) is 0 Å². The zero-order chi connectivity index (χ0) is 14.9. The van der Waals surface area contributed by atoms with E-state index in [1.165, 1.54) is 0 Å². The highest BCUT2D eigenvalue weighted by atomic mass is 16.5. The second kappa shape index (κ2) is 6.13. The number of hydrogen-bond donors (Lipinski definition) is 1. The lowest BCUT2D eigenvalue weighted by atomic mass is 9.69. The molecule has 0 bridgehead atoms. The molecule has 0 fully saturated rings. The highest BCUT2D eigenvalue weighted by molar-refractivity contribution is 5.72. The number of aliphatic hydroxyl groups is 1. The topological polar surface area (TPSA) is 46.5 Å². The summed E-state index contributed by atoms with van der Waals surface area (Å²) in [6.07, 6.45) is 6.77. The molecule has 0 radical (unpaired) electrons. The van der Waals surface area contributed by atoms with Crippen molar-refractivity contribution in [2.75, 3.05) is 0 Å². The van der Waals surface area contributed by atoms with Crippen LogP contribution < -0.4 is 0 Å². The van der Waals surface area contributed by atoms with Gasteiger partial charge in [0.25, 0.3) is 0 Å². The van der Waals surface area contributed by atoms with Gasteiger partial charge in [0.1, 0.15) is 6.10 Å². The Bertz CT molecular complexity index is 424. The van der Waals surface area contributed by atoms with Crippen LogP contribution in [0.2, 0.25) is 0 Å². The Morgan fingerprint density at radius 3 is 2.85 bits per heavy atom. The van der Waals surface area contributed by atoms with Gasteiger partial charge in [0, 0.05) is 12.3 Å². The average Bonchev–Trinajstić information content (AvgIpc) is 2.41. The largest absolute Gasteiger partial charge is 0.461 e. The number of hydrogen-bond acceptors (Lipinski definition) is 3. The Morgan fingerprint density at radius 1 is 1.50 bits per heavy atom. The molecule has 112 valence electrons. The van der Waals surface area contributed by atoms with E-state index in [9.17, 15) is 9.90 Å². The molecule has 3 heteroatoms. The second-order valence-corrected chi connectivity index (χ2v) is 6.36. The minimum atomic E-state index is -0.513. The molecular formula is C17H26O3. The van der Waals surface area contributed by atoms with Crippen molar-refractivity contribution in [3.05, 3.63) is 23.8 Å². The first-order valence-electron chi connectivity index (χ1n) is 7.72. The summed E-state index contributed by atoms with van der Waals surface area (Å²) >= 11 is 0. The van der Waals surface area contributed by atoms with E-state index in [1.807, 2.05) is 19.9 Å². The van der Waals surface area contributed by atoms with Crippen LogP contribution in [0.3, 0.4) is 0 Å². The Kier molecular flexibility index (Phi) is 4.69. The molecule has 2 aliphatic rings. The molecule has 0 saturated carbocycles. The summed E-state index contributed by atoms with van der Waals surface area (Å²) in [5.41, 5.74) is 1.12. The summed E-state index contributed by atoms with van der Waals surface area (Å²) in [5, 5.41) is 9.98. The molecule has 6 atom stereocenters. The van der Waals surface area contributed by atoms with Crippen molar-refractivity contribution in [3.63, 3.8) is 0 Å². The van der Waals surface area contributed by atoms with Crippen molar-refractivity contribution in [3.8, 4) is 0 Å². The van der Waals surface area contributed by atoms with E-state index in [1.54, 1.807) is 0 Å². The number of rotatable bonds is 3. The maximum atomic E-state index is 12.1. The second-order valence-electron chi connectivity index (χ2n) is 6.36. The summed E-state index contributed by atoms with van der Waals surface area (Å²) in [7, 11) is 0. The Labute approximate surface area is 121 Å². The van der Waals surface area contributed by atoms with Crippen LogP contribution in [0.5, 0.6) is 0 Å². The molecule has 2 rings (SSSR count). The number of ether oxygens (including phenoxy) is 1. The Balaban J connectivity index is 2.19. The van der Waals surface area contributed by atoms with Crippen LogP contribution in [0.1, 0.15) is 40.5 Å². The molecule has 0 aromatic rings. The molecule has 0 heterocycles. The summed E-state index contributed by atoms with van der Waals surface area (Å²) < 4.78 is 5.73. The quantitative estimate of drug-likeness (QED) is 0.807. The molecule has 0 aliphatic heterocycles. The van der Waals surface area contributed by atoms with Crippen LogP contribution >= 0.6 is 0 Å². The molecule has 2 aliphatic carbocycles. The highest BCUT2D eigenvalue weighted by Crippen LogP contribution is 2.41. The van der Waals surface area contributed by atoms with E-state index in [2.05, 4.69) is 26.0 Å². The zero-order valence-electron chi connectivity index (χ0n) is 12.9. The lowest BCUT2D eigenvalue weighted by molar-refractivity contribution is -0.158. The van der Waals surface area contributed by atoms with Crippen molar-refractivity contribution in [2.45, 2.75) is 52.7 Å². The van der Waals surface area contributed by atoms with Gasteiger partial charge in [-0.05, 0) is 23.8 Å². The predicted octanol–water partition coefficient (Wildman–Crippen LogP) is 3.09. The van der Waals surface area contributed by atoms with Crippen molar-refractivity contribution in [1.29, 1.82) is 0 Å². The number of fused-ring (bicyclic) bond motifs is 1. The van der Waals surface area contributed by atoms with Crippen LogP contribution in [0, 0.1) is 23.7 Å². The number of carbonyl (C=O) groups is 1. The zero-order valence-corrected chi connectivity index (χ0v) is 12.9. The van der Waals surface area contributed by atoms with E-state index in [0.29, 0.717) is 18.3 Å². The SMILES string of the molecule is CC[C@H](C)C(=O)O[C@H]1C[C@H](O)C=C2C=C[C@H](C)C(C)[C@H]21. The molecule has 0 aromatic carbocycles. The van der Waals surface area contributed by atoms with Gasteiger partial charge in [-0.3, -0.25) is 4.79 Å². The van der Waals surface area contributed by atoms with Gasteiger partial charge in [0.2, 0.25) is 0 Å². The van der Waals surface area contributed by atoms with Crippen LogP contribution in [-0.2, 0) is 9.53 Å². The number of carbonyl (C=O) groups excluding carboxylic acids is 1. The van der Waals surface area contributed by atoms with E-state index in [-0.39, 0.29) is 23.9 Å². The summed E-state index contributed by atoms with van der Waals surface area (Å²) in [5.74, 6) is 0.894. The van der Waals surface area contributed by atoms with E-state index >= 15 is 0 Å². The molecule has 20 heavy (non-hydrogen) atoms. The first-order valence-corrected chi connectivity index (χ1v) is 7.72. The highest BCUT2D eigenvalue weighted by Gasteiger charge is 2.40. The van der Waals surface area contributed by atoms with Gasteiger partial charge in [-0.2, -0.15) is 0 Å². The van der Waals surface area contributed by atoms with Crippen LogP contribution in [0.4, 0.5) is 0 Å². The summed E-state index contributed by atoms with van der Waals surface area (Å²) in [6.45, 7) is 8.27. The first kappa shape index (κ1) is 15.3. The van der Waals surface area contributed by atoms with E-state index in [0.717, 1.165) is 12.0 Å². The van der Waals surface area contributed by atoms with Crippen LogP contribution in [0.15, 0.2) is 23.8 Å². The Hall–Kier alpha value is -1.09. The summed E-state index contributed by atoms with van der Waals surface area (Å²) in [6, 6.07) is 0. The van der Waals surface area contributed by atoms with Crippen molar-refractivity contribution < 1.29 is 14.6 Å². The fourth-order valence-corrected chi connectivity index (χ4v) is 3.13. The number of aliphatic hydroxyl groups excluding tert-OH is 1. The van der Waals surface area contributed by atoms with Gasteiger partial charge >= 0.3 is 5.97 Å². The molecule has 0 aromatic heterocycles. The maximum Gasteiger partial charge on any atom is 0.308 e.